The molecule has 0 aliphatic heterocycles. The molecule has 0 saturated carbocycles. The molecule has 2 heterocycles. The first-order valence-corrected chi connectivity index (χ1v) is 4.61. The average molecular weight is 204 g/mol. The molecule has 2 aromatic heterocycles. The zero-order chi connectivity index (χ0) is 9.54. The number of hydrogen-bond donors (Lipinski definition) is 1. The third-order valence-electron chi connectivity index (χ3n) is 2.25. The summed E-state index contributed by atoms with van der Waals surface area (Å²) in [5.74, 6) is 0. The first-order chi connectivity index (χ1) is 6.86. The van der Waals surface area contributed by atoms with Crippen molar-refractivity contribution in [1.29, 1.82) is 0 Å². The maximum absolute atomic E-state index is 6.01. The fraction of sp³-hybridized carbons (Fsp3) is 0. The highest BCUT2D eigenvalue weighted by molar-refractivity contribution is 6.34. The maximum atomic E-state index is 6.01. The largest absolute Gasteiger partial charge is 0.277 e. The van der Waals surface area contributed by atoms with Crippen molar-refractivity contribution in [3.8, 4) is 0 Å². The second kappa shape index (κ2) is 2.69. The monoisotopic (exact) mass is 203 g/mol. The first-order valence-electron chi connectivity index (χ1n) is 4.23. The van der Waals surface area contributed by atoms with E-state index in [1.54, 1.807) is 6.20 Å². The van der Waals surface area contributed by atoms with Crippen LogP contribution in [0, 0.1) is 0 Å². The molecule has 1 aliphatic carbocycles. The Morgan fingerprint density at radius 2 is 2.21 bits per heavy atom. The molecule has 68 valence electrons. The molecule has 0 atom stereocenters. The van der Waals surface area contributed by atoms with Gasteiger partial charge < -0.3 is 0 Å². The summed E-state index contributed by atoms with van der Waals surface area (Å²) in [6.45, 7) is 0. The molecule has 0 unspecified atom stereocenters. The quantitative estimate of drug-likeness (QED) is 0.724. The minimum Gasteiger partial charge on any atom is -0.277 e. The number of pyridine rings is 1. The number of H-pyrrole nitrogens is 1. The first kappa shape index (κ1) is 7.76. The van der Waals surface area contributed by atoms with Gasteiger partial charge in [0, 0.05) is 11.8 Å². The van der Waals surface area contributed by atoms with Crippen molar-refractivity contribution in [3.05, 3.63) is 41.3 Å². The standard InChI is InChI=1S/C10H6ClN3/c11-10-8-7(4-5-12-10)13-14-9(8)6-2-1-3-6/h1-5H,(H,13,14). The summed E-state index contributed by atoms with van der Waals surface area (Å²) in [4.78, 5) is 4.04. The fourth-order valence-electron chi connectivity index (χ4n) is 1.49. The molecule has 1 aliphatic rings. The summed E-state index contributed by atoms with van der Waals surface area (Å²) in [5.41, 5.74) is 2.88. The van der Waals surface area contributed by atoms with Crippen LogP contribution < -0.4 is 0 Å². The van der Waals surface area contributed by atoms with E-state index >= 15 is 0 Å². The summed E-state index contributed by atoms with van der Waals surface area (Å²) < 4.78 is 0. The fourth-order valence-corrected chi connectivity index (χ4v) is 1.73. The topological polar surface area (TPSA) is 41.6 Å². The highest BCUT2D eigenvalue weighted by Crippen LogP contribution is 2.30. The Morgan fingerprint density at radius 3 is 2.93 bits per heavy atom. The molecule has 0 amide bonds. The molecule has 4 heteroatoms. The Hall–Kier alpha value is -1.61. The van der Waals surface area contributed by atoms with E-state index in [4.69, 9.17) is 11.6 Å². The molecule has 0 saturated heterocycles. The van der Waals surface area contributed by atoms with E-state index in [0.29, 0.717) is 5.15 Å². The maximum Gasteiger partial charge on any atom is 0.140 e. The van der Waals surface area contributed by atoms with E-state index in [1.165, 1.54) is 0 Å². The van der Waals surface area contributed by atoms with Gasteiger partial charge in [0.05, 0.1) is 10.9 Å². The minimum atomic E-state index is 0.493. The molecular weight excluding hydrogens is 198 g/mol. The summed E-state index contributed by atoms with van der Waals surface area (Å²) in [5, 5.41) is 8.52. The van der Waals surface area contributed by atoms with Crippen molar-refractivity contribution in [2.24, 2.45) is 0 Å². The number of aromatic amines is 1. The van der Waals surface area contributed by atoms with E-state index < -0.39 is 0 Å². The number of fused-ring (bicyclic) bond motifs is 1. The van der Waals surface area contributed by atoms with Crippen molar-refractivity contribution in [3.63, 3.8) is 0 Å². The lowest BCUT2D eigenvalue weighted by Crippen LogP contribution is -1.88. The third kappa shape index (κ3) is 0.930. The van der Waals surface area contributed by atoms with Crippen LogP contribution in [0.1, 0.15) is 5.69 Å². The molecule has 1 N–H and O–H groups in total. The van der Waals surface area contributed by atoms with Gasteiger partial charge in [-0.25, -0.2) is 4.98 Å². The molecule has 3 rings (SSSR count). The van der Waals surface area contributed by atoms with Crippen LogP contribution >= 0.6 is 11.6 Å². The molecule has 0 aromatic carbocycles. The number of allylic oxidation sites excluding steroid dienone is 4. The van der Waals surface area contributed by atoms with Crippen LogP contribution in [0.15, 0.2) is 30.5 Å². The normalized spacial score (nSPS) is 14.2. The van der Waals surface area contributed by atoms with E-state index in [0.717, 1.165) is 22.2 Å². The van der Waals surface area contributed by atoms with Crippen molar-refractivity contribution < 1.29 is 0 Å². The molecule has 3 nitrogen and oxygen atoms in total. The van der Waals surface area contributed by atoms with Gasteiger partial charge >= 0.3 is 0 Å². The number of aromatic nitrogens is 3. The van der Waals surface area contributed by atoms with Gasteiger partial charge in [-0.05, 0) is 6.07 Å². The van der Waals surface area contributed by atoms with Crippen LogP contribution in [-0.4, -0.2) is 15.2 Å². The molecule has 0 radical (unpaired) electrons. The Kier molecular flexibility index (Phi) is 1.49. The average Bonchev–Trinajstić information content (AvgIpc) is 2.47. The molecule has 0 bridgehead atoms. The summed E-state index contributed by atoms with van der Waals surface area (Å²) >= 11 is 6.01. The van der Waals surface area contributed by atoms with E-state index in [2.05, 4.69) is 15.2 Å². The van der Waals surface area contributed by atoms with E-state index in [1.807, 2.05) is 24.3 Å². The number of halogens is 1. The minimum absolute atomic E-state index is 0.493. The van der Waals surface area contributed by atoms with E-state index in [-0.39, 0.29) is 0 Å². The zero-order valence-electron chi connectivity index (χ0n) is 7.16. The zero-order valence-corrected chi connectivity index (χ0v) is 7.92. The Morgan fingerprint density at radius 1 is 1.36 bits per heavy atom. The van der Waals surface area contributed by atoms with Crippen LogP contribution in [-0.2, 0) is 0 Å². The van der Waals surface area contributed by atoms with Gasteiger partial charge in [0.2, 0.25) is 0 Å². The Labute approximate surface area is 85.1 Å². The molecule has 0 fully saturated rings. The van der Waals surface area contributed by atoms with Gasteiger partial charge in [-0.1, -0.05) is 29.8 Å². The van der Waals surface area contributed by atoms with Crippen molar-refractivity contribution in [2.75, 3.05) is 0 Å². The highest BCUT2D eigenvalue weighted by atomic mass is 35.5. The van der Waals surface area contributed by atoms with Gasteiger partial charge in [0.1, 0.15) is 10.8 Å². The Bertz CT molecular complexity index is 566. The molecule has 2 aromatic rings. The van der Waals surface area contributed by atoms with Crippen LogP contribution in [0.5, 0.6) is 0 Å². The predicted molar refractivity (Wildman–Crippen MR) is 56.0 cm³/mol. The van der Waals surface area contributed by atoms with Crippen LogP contribution in [0.4, 0.5) is 0 Å². The van der Waals surface area contributed by atoms with Crippen LogP contribution in [0.3, 0.4) is 0 Å². The van der Waals surface area contributed by atoms with Crippen LogP contribution in [0.2, 0.25) is 5.15 Å². The molecular formula is C10H6ClN3. The molecule has 0 spiro atoms. The highest BCUT2D eigenvalue weighted by Gasteiger charge is 2.13. The number of rotatable bonds is 1. The van der Waals surface area contributed by atoms with Gasteiger partial charge in [0.15, 0.2) is 0 Å². The number of hydrogen-bond acceptors (Lipinski definition) is 2. The predicted octanol–water partition coefficient (Wildman–Crippen LogP) is 2.56. The third-order valence-corrected chi connectivity index (χ3v) is 2.54. The van der Waals surface area contributed by atoms with Gasteiger partial charge in [-0.2, -0.15) is 5.10 Å². The summed E-state index contributed by atoms with van der Waals surface area (Å²) in [6, 6.07) is 1.86. The lowest BCUT2D eigenvalue weighted by Gasteiger charge is -2.03. The number of nitrogens with one attached hydrogen (secondary N) is 1. The van der Waals surface area contributed by atoms with Crippen molar-refractivity contribution in [2.45, 2.75) is 0 Å². The summed E-state index contributed by atoms with van der Waals surface area (Å²) in [6.07, 6.45) is 7.63. The number of nitrogens with zero attached hydrogens (tertiary/aromatic N) is 2. The lowest BCUT2D eigenvalue weighted by molar-refractivity contribution is 1.10. The second-order valence-electron chi connectivity index (χ2n) is 3.08. The van der Waals surface area contributed by atoms with E-state index in [9.17, 15) is 0 Å². The Balaban J connectivity index is 2.34. The smallest absolute Gasteiger partial charge is 0.140 e. The van der Waals surface area contributed by atoms with Crippen LogP contribution in [0.25, 0.3) is 16.5 Å². The van der Waals surface area contributed by atoms with Crippen molar-refractivity contribution >= 4 is 28.1 Å². The molecule has 14 heavy (non-hydrogen) atoms. The van der Waals surface area contributed by atoms with Crippen molar-refractivity contribution in [1.82, 2.24) is 15.2 Å². The SMILES string of the molecule is Clc1nccc2[nH]nc(C3=CC=C3)c12. The lowest BCUT2D eigenvalue weighted by atomic mass is 10.0. The van der Waals surface area contributed by atoms with Gasteiger partial charge in [-0.3, -0.25) is 5.10 Å². The summed E-state index contributed by atoms with van der Waals surface area (Å²) in [7, 11) is 0. The van der Waals surface area contributed by atoms with Gasteiger partial charge in [-0.15, -0.1) is 0 Å². The van der Waals surface area contributed by atoms with Gasteiger partial charge in [0.25, 0.3) is 0 Å². The second-order valence-corrected chi connectivity index (χ2v) is 3.44.